The summed E-state index contributed by atoms with van der Waals surface area (Å²) >= 11 is 0. The topological polar surface area (TPSA) is 72.7 Å². The molecule has 0 spiro atoms. The van der Waals surface area contributed by atoms with Crippen molar-refractivity contribution in [1.29, 1.82) is 0 Å². The number of hydrogen-bond acceptors (Lipinski definition) is 6. The fourth-order valence-corrected chi connectivity index (χ4v) is 2.90. The molecule has 1 aliphatic rings. The van der Waals surface area contributed by atoms with Crippen LogP contribution in [0.3, 0.4) is 0 Å². The summed E-state index contributed by atoms with van der Waals surface area (Å²) < 4.78 is 12.7. The molecule has 1 aromatic carbocycles. The second kappa shape index (κ2) is 7.46. The minimum atomic E-state index is 0.629. The molecule has 0 fully saturated rings. The van der Waals surface area contributed by atoms with Gasteiger partial charge in [0.1, 0.15) is 5.82 Å². The van der Waals surface area contributed by atoms with Crippen molar-refractivity contribution in [2.75, 3.05) is 19.6 Å². The molecule has 2 aromatic rings. The first kappa shape index (κ1) is 17.1. The number of benzene rings is 1. The van der Waals surface area contributed by atoms with Crippen molar-refractivity contribution in [1.82, 2.24) is 15.0 Å². The highest BCUT2D eigenvalue weighted by molar-refractivity contribution is 5.88. The molecule has 0 saturated heterocycles. The minimum Gasteiger partial charge on any atom is -0.493 e. The Balaban J connectivity index is 1.68. The number of hydrogen-bond donors (Lipinski definition) is 2. The minimum absolute atomic E-state index is 0.629. The summed E-state index contributed by atoms with van der Waals surface area (Å²) in [4.78, 5) is 9.22. The van der Waals surface area contributed by atoms with Gasteiger partial charge in [0.05, 0.1) is 32.2 Å². The largest absolute Gasteiger partial charge is 0.493 e. The van der Waals surface area contributed by atoms with Gasteiger partial charge in [0.15, 0.2) is 11.5 Å². The summed E-state index contributed by atoms with van der Waals surface area (Å²) in [6, 6.07) is 5.88. The summed E-state index contributed by atoms with van der Waals surface area (Å²) in [5, 5.41) is 3.34. The van der Waals surface area contributed by atoms with Gasteiger partial charge in [0, 0.05) is 13.0 Å². The standard InChI is InChI=1S/C18H25N5O2/c1-5-6-17-21-12(2)14-11-20-18(22-23(14)17)19-10-13-7-8-15(24-3)16(9-13)25-4/h7-9H,5-6,10-11H2,1-4H3,(H2,19,20,22). The van der Waals surface area contributed by atoms with Crippen molar-refractivity contribution in [3.05, 3.63) is 41.0 Å². The molecule has 1 aromatic heterocycles. The number of nitrogens with zero attached hydrogens (tertiary/aromatic N) is 3. The molecular weight excluding hydrogens is 318 g/mol. The molecule has 0 unspecified atom stereocenters. The van der Waals surface area contributed by atoms with Crippen LogP contribution in [0.1, 0.15) is 36.1 Å². The summed E-state index contributed by atoms with van der Waals surface area (Å²) in [6.45, 7) is 5.45. The molecular formula is C18H25N5O2. The maximum absolute atomic E-state index is 5.35. The third kappa shape index (κ3) is 3.55. The zero-order valence-electron chi connectivity index (χ0n) is 15.2. The molecule has 0 radical (unpaired) electrons. The number of methoxy groups -OCH3 is 2. The van der Waals surface area contributed by atoms with E-state index in [0.717, 1.165) is 53.1 Å². The quantitative estimate of drug-likeness (QED) is 0.842. The summed E-state index contributed by atoms with van der Waals surface area (Å²) in [5.74, 6) is 3.24. The molecule has 0 amide bonds. The van der Waals surface area contributed by atoms with Crippen LogP contribution in [-0.2, 0) is 19.5 Å². The van der Waals surface area contributed by atoms with E-state index < -0.39 is 0 Å². The molecule has 0 saturated carbocycles. The number of nitrogens with one attached hydrogen (secondary N) is 2. The van der Waals surface area contributed by atoms with E-state index in [-0.39, 0.29) is 0 Å². The van der Waals surface area contributed by atoms with Gasteiger partial charge < -0.3 is 14.8 Å². The van der Waals surface area contributed by atoms with E-state index in [9.17, 15) is 0 Å². The van der Waals surface area contributed by atoms with Gasteiger partial charge in [0.25, 0.3) is 0 Å². The fraction of sp³-hybridized carbons (Fsp3) is 0.444. The highest BCUT2D eigenvalue weighted by Gasteiger charge is 2.18. The first-order valence-electron chi connectivity index (χ1n) is 8.49. The zero-order chi connectivity index (χ0) is 17.8. The van der Waals surface area contributed by atoms with Gasteiger partial charge in [-0.25, -0.2) is 14.7 Å². The molecule has 1 aliphatic heterocycles. The molecule has 0 atom stereocenters. The van der Waals surface area contributed by atoms with Gasteiger partial charge in [-0.2, -0.15) is 0 Å². The lowest BCUT2D eigenvalue weighted by Crippen LogP contribution is -2.39. The second-order valence-electron chi connectivity index (χ2n) is 5.97. The van der Waals surface area contributed by atoms with Crippen LogP contribution in [0, 0.1) is 6.92 Å². The Labute approximate surface area is 148 Å². The number of aliphatic imine (C=N–C) groups is 1. The van der Waals surface area contributed by atoms with E-state index in [2.05, 4.69) is 32.3 Å². The van der Waals surface area contributed by atoms with Crippen LogP contribution >= 0.6 is 0 Å². The smallest absolute Gasteiger partial charge is 0.211 e. The Morgan fingerprint density at radius 2 is 2.04 bits per heavy atom. The molecule has 25 heavy (non-hydrogen) atoms. The van der Waals surface area contributed by atoms with Crippen LogP contribution in [0.2, 0.25) is 0 Å². The number of rotatable bonds is 6. The monoisotopic (exact) mass is 343 g/mol. The van der Waals surface area contributed by atoms with E-state index in [1.807, 2.05) is 25.1 Å². The van der Waals surface area contributed by atoms with Crippen molar-refractivity contribution in [3.63, 3.8) is 0 Å². The predicted octanol–water partition coefficient (Wildman–Crippen LogP) is 2.36. The molecule has 3 rings (SSSR count). The number of ether oxygens (including phenoxy) is 2. The number of fused-ring (bicyclic) bond motifs is 1. The average Bonchev–Trinajstić information content (AvgIpc) is 2.95. The molecule has 2 heterocycles. The zero-order valence-corrected chi connectivity index (χ0v) is 15.2. The molecule has 7 nitrogen and oxygen atoms in total. The van der Waals surface area contributed by atoms with Gasteiger partial charge >= 0.3 is 0 Å². The van der Waals surface area contributed by atoms with Gasteiger partial charge in [-0.3, -0.25) is 5.43 Å². The predicted molar refractivity (Wildman–Crippen MR) is 97.8 cm³/mol. The van der Waals surface area contributed by atoms with Crippen LogP contribution in [0.15, 0.2) is 23.2 Å². The molecule has 7 heteroatoms. The molecule has 0 aliphatic carbocycles. The lowest BCUT2D eigenvalue weighted by molar-refractivity contribution is 0.354. The summed E-state index contributed by atoms with van der Waals surface area (Å²) in [5.41, 5.74) is 6.58. The number of aryl methyl sites for hydroxylation is 2. The Morgan fingerprint density at radius 3 is 2.76 bits per heavy atom. The summed E-state index contributed by atoms with van der Waals surface area (Å²) in [6.07, 6.45) is 2.00. The van der Waals surface area contributed by atoms with Crippen LogP contribution < -0.4 is 20.2 Å². The van der Waals surface area contributed by atoms with Crippen molar-refractivity contribution >= 4 is 5.96 Å². The molecule has 134 valence electrons. The highest BCUT2D eigenvalue weighted by atomic mass is 16.5. The Bertz CT molecular complexity index is 782. The van der Waals surface area contributed by atoms with E-state index in [0.29, 0.717) is 13.1 Å². The van der Waals surface area contributed by atoms with Gasteiger partial charge in [-0.1, -0.05) is 13.0 Å². The first-order chi connectivity index (χ1) is 12.2. The van der Waals surface area contributed by atoms with Crippen LogP contribution in [0.4, 0.5) is 0 Å². The fourth-order valence-electron chi connectivity index (χ4n) is 2.90. The van der Waals surface area contributed by atoms with Gasteiger partial charge in [-0.15, -0.1) is 0 Å². The number of imidazole rings is 1. The molecule has 0 bridgehead atoms. The number of guanidine groups is 1. The van der Waals surface area contributed by atoms with Gasteiger partial charge in [-0.05, 0) is 31.0 Å². The Morgan fingerprint density at radius 1 is 1.24 bits per heavy atom. The lowest BCUT2D eigenvalue weighted by atomic mass is 10.2. The highest BCUT2D eigenvalue weighted by Crippen LogP contribution is 2.27. The molecule has 2 N–H and O–H groups in total. The van der Waals surface area contributed by atoms with E-state index in [4.69, 9.17) is 9.47 Å². The SMILES string of the molecule is CCCc1nc(C)c2n1NC(NCc1ccc(OC)c(OC)c1)=NC2. The normalized spacial score (nSPS) is 12.9. The van der Waals surface area contributed by atoms with E-state index in [1.54, 1.807) is 14.2 Å². The maximum Gasteiger partial charge on any atom is 0.211 e. The third-order valence-corrected chi connectivity index (χ3v) is 4.23. The third-order valence-electron chi connectivity index (χ3n) is 4.23. The van der Waals surface area contributed by atoms with Crippen LogP contribution in [-0.4, -0.2) is 29.8 Å². The van der Waals surface area contributed by atoms with Crippen LogP contribution in [0.5, 0.6) is 11.5 Å². The van der Waals surface area contributed by atoms with Crippen molar-refractivity contribution in [3.8, 4) is 11.5 Å². The van der Waals surface area contributed by atoms with Gasteiger partial charge in [0.2, 0.25) is 5.96 Å². The van der Waals surface area contributed by atoms with E-state index in [1.165, 1.54) is 0 Å². The Kier molecular flexibility index (Phi) is 5.11. The maximum atomic E-state index is 5.35. The van der Waals surface area contributed by atoms with E-state index >= 15 is 0 Å². The Hall–Kier alpha value is -2.70. The van der Waals surface area contributed by atoms with Crippen molar-refractivity contribution in [2.45, 2.75) is 39.8 Å². The summed E-state index contributed by atoms with van der Waals surface area (Å²) in [7, 11) is 3.27. The van der Waals surface area contributed by atoms with Crippen molar-refractivity contribution < 1.29 is 9.47 Å². The number of aromatic nitrogens is 2. The lowest BCUT2D eigenvalue weighted by Gasteiger charge is -2.21. The second-order valence-corrected chi connectivity index (χ2v) is 5.97. The average molecular weight is 343 g/mol. The van der Waals surface area contributed by atoms with Crippen LogP contribution in [0.25, 0.3) is 0 Å². The first-order valence-corrected chi connectivity index (χ1v) is 8.49. The van der Waals surface area contributed by atoms with Crippen molar-refractivity contribution in [2.24, 2.45) is 4.99 Å².